The first-order valence-corrected chi connectivity index (χ1v) is 6.04. The highest BCUT2D eigenvalue weighted by Gasteiger charge is 2.18. The number of nitrogens with zero attached hydrogens (tertiary/aromatic N) is 1. The second-order valence-corrected chi connectivity index (χ2v) is 5.41. The van der Waals surface area contributed by atoms with Gasteiger partial charge in [-0.15, -0.1) is 0 Å². The molecule has 0 radical (unpaired) electrons. The summed E-state index contributed by atoms with van der Waals surface area (Å²) in [5.41, 5.74) is 7.32. The van der Waals surface area contributed by atoms with Crippen molar-refractivity contribution in [3.63, 3.8) is 0 Å². The van der Waals surface area contributed by atoms with Gasteiger partial charge in [-0.2, -0.15) is 0 Å². The maximum Gasteiger partial charge on any atom is 0.00378 e. The largest absolute Gasteiger partial charge is 0.367 e. The van der Waals surface area contributed by atoms with E-state index >= 15 is 0 Å². The molecule has 16 heavy (non-hydrogen) atoms. The van der Waals surface area contributed by atoms with E-state index in [9.17, 15) is 0 Å². The molecule has 3 heteroatoms. The van der Waals surface area contributed by atoms with E-state index in [2.05, 4.69) is 43.0 Å². The van der Waals surface area contributed by atoms with Crippen LogP contribution in [0.5, 0.6) is 0 Å². The van der Waals surface area contributed by atoms with E-state index in [-0.39, 0.29) is 0 Å². The summed E-state index contributed by atoms with van der Waals surface area (Å²) in [6.45, 7) is 7.55. The van der Waals surface area contributed by atoms with Crippen molar-refractivity contribution in [1.29, 1.82) is 0 Å². The van der Waals surface area contributed by atoms with Gasteiger partial charge in [0.25, 0.3) is 0 Å². The molecule has 3 N–H and O–H groups in total. The first kappa shape index (κ1) is 13.3. The Morgan fingerprint density at radius 2 is 2.19 bits per heavy atom. The molecule has 1 rings (SSSR count). The van der Waals surface area contributed by atoms with Crippen molar-refractivity contribution >= 4 is 0 Å². The van der Waals surface area contributed by atoms with Crippen LogP contribution in [0.1, 0.15) is 25.8 Å². The third kappa shape index (κ3) is 4.81. The molecule has 0 aliphatic heterocycles. The van der Waals surface area contributed by atoms with Crippen LogP contribution in [0.4, 0.5) is 0 Å². The summed E-state index contributed by atoms with van der Waals surface area (Å²) in [6.07, 6.45) is 6.24. The number of nitrogens with two attached hydrogens (primary N) is 1. The summed E-state index contributed by atoms with van der Waals surface area (Å²) in [4.78, 5) is 5.48. The van der Waals surface area contributed by atoms with Crippen molar-refractivity contribution in [3.8, 4) is 0 Å². The lowest BCUT2D eigenvalue weighted by Crippen LogP contribution is -2.34. The zero-order valence-electron chi connectivity index (χ0n) is 10.8. The van der Waals surface area contributed by atoms with Crippen LogP contribution < -0.4 is 5.73 Å². The standard InChI is InChI=1S/C13H25N3/c1-13(2,6-7-14)11-16(3)9-5-12-4-8-15-10-12/h4,8,10,15H,5-7,9,11,14H2,1-3H3. The van der Waals surface area contributed by atoms with Gasteiger partial charge in [-0.25, -0.2) is 0 Å². The third-order valence-corrected chi connectivity index (χ3v) is 2.96. The SMILES string of the molecule is CN(CCc1cc[nH]c1)CC(C)(C)CCN. The second kappa shape index (κ2) is 6.06. The van der Waals surface area contributed by atoms with E-state index in [0.717, 1.165) is 32.5 Å². The first-order valence-electron chi connectivity index (χ1n) is 6.04. The molecule has 0 saturated heterocycles. The van der Waals surface area contributed by atoms with Crippen molar-refractivity contribution in [2.24, 2.45) is 11.1 Å². The van der Waals surface area contributed by atoms with Gasteiger partial charge in [0.1, 0.15) is 0 Å². The summed E-state index contributed by atoms with van der Waals surface area (Å²) >= 11 is 0. The summed E-state index contributed by atoms with van der Waals surface area (Å²) in [5, 5.41) is 0. The van der Waals surface area contributed by atoms with Crippen LogP contribution in [0.3, 0.4) is 0 Å². The Morgan fingerprint density at radius 1 is 1.44 bits per heavy atom. The van der Waals surface area contributed by atoms with Crippen LogP contribution in [0.2, 0.25) is 0 Å². The molecule has 0 saturated carbocycles. The van der Waals surface area contributed by atoms with Gasteiger partial charge in [-0.1, -0.05) is 13.8 Å². The molecular formula is C13H25N3. The lowest BCUT2D eigenvalue weighted by atomic mass is 9.89. The molecule has 0 fully saturated rings. The molecule has 0 aliphatic carbocycles. The van der Waals surface area contributed by atoms with Crippen LogP contribution in [0, 0.1) is 5.41 Å². The molecule has 0 amide bonds. The van der Waals surface area contributed by atoms with Gasteiger partial charge in [0.2, 0.25) is 0 Å². The Labute approximate surface area is 99.0 Å². The molecule has 1 aromatic heterocycles. The average Bonchev–Trinajstić information content (AvgIpc) is 2.66. The van der Waals surface area contributed by atoms with E-state index in [1.165, 1.54) is 5.56 Å². The minimum Gasteiger partial charge on any atom is -0.367 e. The Balaban J connectivity index is 2.27. The molecule has 0 aliphatic rings. The minimum absolute atomic E-state index is 0.321. The lowest BCUT2D eigenvalue weighted by molar-refractivity contribution is 0.202. The van der Waals surface area contributed by atoms with E-state index in [1.54, 1.807) is 0 Å². The molecule has 0 atom stereocenters. The smallest absolute Gasteiger partial charge is 0.00378 e. The summed E-state index contributed by atoms with van der Waals surface area (Å²) in [7, 11) is 2.19. The third-order valence-electron chi connectivity index (χ3n) is 2.96. The maximum absolute atomic E-state index is 5.62. The van der Waals surface area contributed by atoms with E-state index in [1.807, 2.05) is 6.20 Å². The monoisotopic (exact) mass is 223 g/mol. The Kier molecular flexibility index (Phi) is 5.03. The highest BCUT2D eigenvalue weighted by molar-refractivity contribution is 5.08. The number of aromatic amines is 1. The van der Waals surface area contributed by atoms with E-state index in [0.29, 0.717) is 5.41 Å². The highest BCUT2D eigenvalue weighted by Crippen LogP contribution is 2.20. The Hall–Kier alpha value is -0.800. The van der Waals surface area contributed by atoms with Crippen molar-refractivity contribution in [1.82, 2.24) is 9.88 Å². The number of hydrogen-bond donors (Lipinski definition) is 2. The second-order valence-electron chi connectivity index (χ2n) is 5.41. The number of rotatable bonds is 7. The zero-order valence-corrected chi connectivity index (χ0v) is 10.8. The summed E-state index contributed by atoms with van der Waals surface area (Å²) in [6, 6.07) is 2.14. The summed E-state index contributed by atoms with van der Waals surface area (Å²) in [5.74, 6) is 0. The normalized spacial score (nSPS) is 12.3. The van der Waals surface area contributed by atoms with Crippen molar-refractivity contribution in [2.75, 3.05) is 26.7 Å². The Bertz CT molecular complexity index is 277. The Morgan fingerprint density at radius 3 is 2.75 bits per heavy atom. The van der Waals surface area contributed by atoms with Crippen LogP contribution >= 0.6 is 0 Å². The average molecular weight is 223 g/mol. The van der Waals surface area contributed by atoms with Gasteiger partial charge >= 0.3 is 0 Å². The number of nitrogens with one attached hydrogen (secondary N) is 1. The summed E-state index contributed by atoms with van der Waals surface area (Å²) < 4.78 is 0. The predicted molar refractivity (Wildman–Crippen MR) is 69.4 cm³/mol. The number of hydrogen-bond acceptors (Lipinski definition) is 2. The first-order chi connectivity index (χ1) is 7.53. The number of aromatic nitrogens is 1. The molecule has 0 spiro atoms. The van der Waals surface area contributed by atoms with Crippen LogP contribution in [-0.2, 0) is 6.42 Å². The van der Waals surface area contributed by atoms with Gasteiger partial charge < -0.3 is 15.6 Å². The maximum atomic E-state index is 5.62. The minimum atomic E-state index is 0.321. The van der Waals surface area contributed by atoms with Crippen molar-refractivity contribution < 1.29 is 0 Å². The molecule has 1 heterocycles. The van der Waals surface area contributed by atoms with Gasteiger partial charge in [-0.05, 0) is 43.5 Å². The zero-order chi connectivity index (χ0) is 12.0. The molecule has 0 aromatic carbocycles. The van der Waals surface area contributed by atoms with E-state index < -0.39 is 0 Å². The fourth-order valence-corrected chi connectivity index (χ4v) is 2.11. The molecule has 0 bridgehead atoms. The van der Waals surface area contributed by atoms with Gasteiger partial charge in [0, 0.05) is 25.5 Å². The van der Waals surface area contributed by atoms with Gasteiger partial charge in [-0.3, -0.25) is 0 Å². The number of likely N-dealkylation sites (N-methyl/N-ethyl adjacent to an activating group) is 1. The van der Waals surface area contributed by atoms with Crippen LogP contribution in [0.25, 0.3) is 0 Å². The van der Waals surface area contributed by atoms with Gasteiger partial charge in [0.15, 0.2) is 0 Å². The predicted octanol–water partition coefficient (Wildman–Crippen LogP) is 1.86. The quantitative estimate of drug-likeness (QED) is 0.741. The molecule has 92 valence electrons. The van der Waals surface area contributed by atoms with Crippen molar-refractivity contribution in [2.45, 2.75) is 26.7 Å². The highest BCUT2D eigenvalue weighted by atomic mass is 15.1. The molecule has 3 nitrogen and oxygen atoms in total. The molecule has 1 aromatic rings. The van der Waals surface area contributed by atoms with Crippen LogP contribution in [-0.4, -0.2) is 36.6 Å². The fourth-order valence-electron chi connectivity index (χ4n) is 2.11. The van der Waals surface area contributed by atoms with E-state index in [4.69, 9.17) is 5.73 Å². The van der Waals surface area contributed by atoms with Crippen molar-refractivity contribution in [3.05, 3.63) is 24.0 Å². The number of H-pyrrole nitrogens is 1. The topological polar surface area (TPSA) is 45.0 Å². The molecule has 0 unspecified atom stereocenters. The molecular weight excluding hydrogens is 198 g/mol. The van der Waals surface area contributed by atoms with Gasteiger partial charge in [0.05, 0.1) is 0 Å². The lowest BCUT2D eigenvalue weighted by Gasteiger charge is -2.29. The van der Waals surface area contributed by atoms with Crippen LogP contribution in [0.15, 0.2) is 18.5 Å². The fraction of sp³-hybridized carbons (Fsp3) is 0.692.